The Hall–Kier alpha value is -2.14. The summed E-state index contributed by atoms with van der Waals surface area (Å²) < 4.78 is 30.0. The maximum Gasteiger partial charge on any atom is 0.360 e. The largest absolute Gasteiger partial charge is 0.461 e. The van der Waals surface area contributed by atoms with Gasteiger partial charge in [0.05, 0.1) is 24.7 Å². The summed E-state index contributed by atoms with van der Waals surface area (Å²) in [5.74, 6) is 1.13. The highest BCUT2D eigenvalue weighted by molar-refractivity contribution is 7.97. The van der Waals surface area contributed by atoms with Crippen molar-refractivity contribution in [3.63, 3.8) is 0 Å². The second-order valence-corrected chi connectivity index (χ2v) is 7.25. The Morgan fingerprint density at radius 2 is 1.52 bits per heavy atom. The average Bonchev–Trinajstić information content (AvgIpc) is 3.25. The first-order valence-electron chi connectivity index (χ1n) is 7.95. The van der Waals surface area contributed by atoms with Crippen LogP contribution in [-0.2, 0) is 31.8 Å². The van der Waals surface area contributed by atoms with Gasteiger partial charge in [0.2, 0.25) is 0 Å². The van der Waals surface area contributed by atoms with Gasteiger partial charge in [0.15, 0.2) is 11.4 Å². The number of esters is 2. The van der Waals surface area contributed by atoms with Crippen molar-refractivity contribution < 1.29 is 32.3 Å². The first kappa shape index (κ1) is 22.9. The van der Waals surface area contributed by atoms with E-state index in [9.17, 15) is 13.8 Å². The predicted octanol–water partition coefficient (Wildman–Crippen LogP) is 2.44. The van der Waals surface area contributed by atoms with Crippen molar-refractivity contribution >= 4 is 34.5 Å². The second kappa shape index (κ2) is 12.3. The SMILES string of the molecule is CCOC(=O)c1cc(CS(C)=O)on1.CCOC(=O)c1cc(CSC)on1. The summed E-state index contributed by atoms with van der Waals surface area (Å²) in [6, 6.07) is 3.05. The van der Waals surface area contributed by atoms with Crippen molar-refractivity contribution in [3.8, 4) is 0 Å². The number of carbonyl (C=O) groups is 2. The van der Waals surface area contributed by atoms with Crippen LogP contribution >= 0.6 is 11.8 Å². The molecule has 1 unspecified atom stereocenters. The number of carbonyl (C=O) groups excluding carboxylic acids is 2. The normalized spacial score (nSPS) is 11.3. The summed E-state index contributed by atoms with van der Waals surface area (Å²) >= 11 is 1.61. The summed E-state index contributed by atoms with van der Waals surface area (Å²) in [6.07, 6.45) is 3.50. The number of hydrogen-bond donors (Lipinski definition) is 0. The molecule has 0 radical (unpaired) electrons. The molecule has 11 heteroatoms. The smallest absolute Gasteiger partial charge is 0.360 e. The van der Waals surface area contributed by atoms with E-state index in [2.05, 4.69) is 10.3 Å². The molecule has 0 aliphatic heterocycles. The number of thioether (sulfide) groups is 1. The maximum absolute atomic E-state index is 11.1. The van der Waals surface area contributed by atoms with Gasteiger partial charge in [-0.1, -0.05) is 10.3 Å². The molecule has 0 N–H and O–H groups in total. The Balaban J connectivity index is 0.000000271. The summed E-state index contributed by atoms with van der Waals surface area (Å²) in [5, 5.41) is 7.09. The molecule has 150 valence electrons. The Kier molecular flexibility index (Phi) is 10.4. The van der Waals surface area contributed by atoms with Crippen LogP contribution < -0.4 is 0 Å². The predicted molar refractivity (Wildman–Crippen MR) is 99.9 cm³/mol. The average molecular weight is 418 g/mol. The summed E-state index contributed by atoms with van der Waals surface area (Å²) in [5.41, 5.74) is 0.359. The van der Waals surface area contributed by atoms with Crippen molar-refractivity contribution in [2.45, 2.75) is 25.4 Å². The lowest BCUT2D eigenvalue weighted by Gasteiger charge is -1.94. The van der Waals surface area contributed by atoms with E-state index in [0.29, 0.717) is 30.5 Å². The van der Waals surface area contributed by atoms with Crippen LogP contribution in [0.4, 0.5) is 0 Å². The molecule has 0 aliphatic carbocycles. The van der Waals surface area contributed by atoms with E-state index >= 15 is 0 Å². The highest BCUT2D eigenvalue weighted by Crippen LogP contribution is 2.11. The topological polar surface area (TPSA) is 122 Å². The molecule has 2 rings (SSSR count). The van der Waals surface area contributed by atoms with Gasteiger partial charge in [-0.15, -0.1) is 0 Å². The van der Waals surface area contributed by atoms with E-state index < -0.39 is 22.7 Å². The van der Waals surface area contributed by atoms with Gasteiger partial charge >= 0.3 is 11.9 Å². The van der Waals surface area contributed by atoms with E-state index in [1.165, 1.54) is 6.07 Å². The number of rotatable bonds is 8. The van der Waals surface area contributed by atoms with E-state index in [1.807, 2.05) is 6.26 Å². The molecule has 0 saturated carbocycles. The van der Waals surface area contributed by atoms with Crippen LogP contribution in [0.2, 0.25) is 0 Å². The monoisotopic (exact) mass is 418 g/mol. The Bertz CT molecular complexity index is 758. The van der Waals surface area contributed by atoms with Gasteiger partial charge in [-0.2, -0.15) is 11.8 Å². The fourth-order valence-electron chi connectivity index (χ4n) is 1.71. The van der Waals surface area contributed by atoms with Crippen LogP contribution in [0.3, 0.4) is 0 Å². The molecule has 0 amide bonds. The van der Waals surface area contributed by atoms with Gasteiger partial charge in [-0.3, -0.25) is 4.21 Å². The Labute approximate surface area is 163 Å². The zero-order chi connectivity index (χ0) is 20.2. The zero-order valence-electron chi connectivity index (χ0n) is 15.6. The minimum atomic E-state index is -1.01. The van der Waals surface area contributed by atoms with Crippen LogP contribution in [0, 0.1) is 0 Å². The van der Waals surface area contributed by atoms with Gasteiger partial charge in [0, 0.05) is 29.2 Å². The Morgan fingerprint density at radius 1 is 1.04 bits per heavy atom. The number of aromatic nitrogens is 2. The van der Waals surface area contributed by atoms with E-state index in [4.69, 9.17) is 18.5 Å². The van der Waals surface area contributed by atoms with Crippen molar-refractivity contribution in [3.05, 3.63) is 35.0 Å². The molecule has 0 bridgehead atoms. The summed E-state index contributed by atoms with van der Waals surface area (Å²) in [6.45, 7) is 4.10. The molecule has 2 aromatic heterocycles. The maximum atomic E-state index is 11.1. The van der Waals surface area contributed by atoms with Gasteiger partial charge < -0.3 is 18.5 Å². The van der Waals surface area contributed by atoms with Crippen LogP contribution in [-0.4, -0.2) is 52.2 Å². The molecule has 2 heterocycles. The van der Waals surface area contributed by atoms with E-state index in [0.717, 1.165) is 0 Å². The minimum Gasteiger partial charge on any atom is -0.461 e. The quantitative estimate of drug-likeness (QED) is 0.591. The van der Waals surface area contributed by atoms with Gasteiger partial charge in [-0.05, 0) is 20.1 Å². The van der Waals surface area contributed by atoms with Crippen LogP contribution in [0.5, 0.6) is 0 Å². The summed E-state index contributed by atoms with van der Waals surface area (Å²) in [4.78, 5) is 22.2. The highest BCUT2D eigenvalue weighted by atomic mass is 32.2. The molecule has 0 spiro atoms. The molecule has 2 aromatic rings. The van der Waals surface area contributed by atoms with E-state index in [1.54, 1.807) is 37.9 Å². The lowest BCUT2D eigenvalue weighted by molar-refractivity contribution is 0.0505. The number of nitrogens with zero attached hydrogens (tertiary/aromatic N) is 2. The third-order valence-corrected chi connectivity index (χ3v) is 3.98. The third-order valence-electron chi connectivity index (χ3n) is 2.72. The first-order valence-corrected chi connectivity index (χ1v) is 11.1. The molecule has 0 fully saturated rings. The molecule has 27 heavy (non-hydrogen) atoms. The minimum absolute atomic E-state index is 0.118. The zero-order valence-corrected chi connectivity index (χ0v) is 17.2. The lowest BCUT2D eigenvalue weighted by atomic mass is 10.4. The standard InChI is InChI=1S/C8H11NO4S.C8H11NO3S/c1-3-12-8(10)7-4-6(13-9-7)5-14(2)11;1-3-11-8(10)7-4-6(5-13-2)12-9-7/h4H,3,5H2,1-2H3;4H,3,5H2,1-2H3. The van der Waals surface area contributed by atoms with E-state index in [-0.39, 0.29) is 17.1 Å². The molecule has 9 nitrogen and oxygen atoms in total. The van der Waals surface area contributed by atoms with Crippen LogP contribution in [0.25, 0.3) is 0 Å². The van der Waals surface area contributed by atoms with Gasteiger partial charge in [-0.25, -0.2) is 9.59 Å². The van der Waals surface area contributed by atoms with Crippen LogP contribution in [0.15, 0.2) is 21.2 Å². The summed E-state index contributed by atoms with van der Waals surface area (Å²) in [7, 11) is -1.01. The molecular weight excluding hydrogens is 396 g/mol. The Morgan fingerprint density at radius 3 is 1.96 bits per heavy atom. The van der Waals surface area contributed by atoms with Crippen molar-refractivity contribution in [1.29, 1.82) is 0 Å². The van der Waals surface area contributed by atoms with Crippen molar-refractivity contribution in [1.82, 2.24) is 10.3 Å². The fourth-order valence-corrected chi connectivity index (χ4v) is 2.66. The fraction of sp³-hybridized carbons (Fsp3) is 0.500. The molecular formula is C16H22N2O7S2. The first-order chi connectivity index (χ1) is 12.9. The third kappa shape index (κ3) is 8.39. The lowest BCUT2D eigenvalue weighted by Crippen LogP contribution is -2.04. The molecule has 0 aromatic carbocycles. The van der Waals surface area contributed by atoms with Crippen molar-refractivity contribution in [2.24, 2.45) is 0 Å². The molecule has 1 atom stereocenters. The molecule has 0 aliphatic rings. The second-order valence-electron chi connectivity index (χ2n) is 4.95. The number of ether oxygens (including phenoxy) is 2. The van der Waals surface area contributed by atoms with Gasteiger partial charge in [0.1, 0.15) is 11.5 Å². The van der Waals surface area contributed by atoms with Crippen molar-refractivity contribution in [2.75, 3.05) is 25.7 Å². The molecule has 0 saturated heterocycles. The van der Waals surface area contributed by atoms with Gasteiger partial charge in [0.25, 0.3) is 0 Å². The highest BCUT2D eigenvalue weighted by Gasteiger charge is 2.14. The number of hydrogen-bond acceptors (Lipinski definition) is 10. The van der Waals surface area contributed by atoms with Crippen LogP contribution in [0.1, 0.15) is 46.3 Å².